The van der Waals surface area contributed by atoms with Gasteiger partial charge in [-0.05, 0) is 35.2 Å². The van der Waals surface area contributed by atoms with Crippen LogP contribution in [0.4, 0.5) is 0 Å². The number of thiophene rings is 1. The zero-order chi connectivity index (χ0) is 22.2. The van der Waals surface area contributed by atoms with Gasteiger partial charge in [-0.2, -0.15) is 0 Å². The molecule has 1 saturated carbocycles. The van der Waals surface area contributed by atoms with E-state index in [1.54, 1.807) is 23.5 Å². The van der Waals surface area contributed by atoms with Crippen molar-refractivity contribution in [1.82, 2.24) is 0 Å². The molecule has 31 heavy (non-hydrogen) atoms. The Morgan fingerprint density at radius 1 is 1.29 bits per heavy atom. The van der Waals surface area contributed by atoms with Gasteiger partial charge in [0.2, 0.25) is 0 Å². The van der Waals surface area contributed by atoms with Crippen LogP contribution in [0.5, 0.6) is 0 Å². The van der Waals surface area contributed by atoms with Gasteiger partial charge in [-0.3, -0.25) is 9.59 Å². The largest absolute Gasteiger partial charge is 0.481 e. The molecule has 164 valence electrons. The van der Waals surface area contributed by atoms with E-state index in [0.717, 1.165) is 10.9 Å². The number of aliphatic carboxylic acids is 1. The molecule has 1 fully saturated rings. The lowest BCUT2D eigenvalue weighted by molar-refractivity contribution is -0.137. The first-order valence-corrected chi connectivity index (χ1v) is 11.5. The van der Waals surface area contributed by atoms with Gasteiger partial charge in [0, 0.05) is 48.6 Å². The summed E-state index contributed by atoms with van der Waals surface area (Å²) in [6.07, 6.45) is 4.73. The van der Waals surface area contributed by atoms with Crippen LogP contribution in [-0.4, -0.2) is 39.3 Å². The maximum Gasteiger partial charge on any atom is 0.303 e. The fourth-order valence-electron chi connectivity index (χ4n) is 4.00. The second-order valence-electron chi connectivity index (χ2n) is 7.97. The molecule has 1 aromatic heterocycles. The summed E-state index contributed by atoms with van der Waals surface area (Å²) in [4.78, 5) is 23.0. The number of carboxylic acid groups (broad SMARTS) is 1. The van der Waals surface area contributed by atoms with Crippen molar-refractivity contribution >= 4 is 33.2 Å². The van der Waals surface area contributed by atoms with Crippen molar-refractivity contribution in [3.8, 4) is 11.8 Å². The molecule has 1 aliphatic rings. The zero-order valence-corrected chi connectivity index (χ0v) is 18.2. The highest BCUT2D eigenvalue weighted by atomic mass is 32.1. The summed E-state index contributed by atoms with van der Waals surface area (Å²) in [5.41, 5.74) is 1.08. The molecule has 0 aliphatic heterocycles. The van der Waals surface area contributed by atoms with Crippen molar-refractivity contribution < 1.29 is 24.9 Å². The molecule has 1 heterocycles. The monoisotopic (exact) mass is 440 g/mol. The number of carbonyl (C=O) groups excluding carboxylic acids is 1. The number of hydrogen-bond donors (Lipinski definition) is 3. The van der Waals surface area contributed by atoms with Gasteiger partial charge in [0.1, 0.15) is 5.78 Å². The van der Waals surface area contributed by atoms with Crippen molar-refractivity contribution in [3.63, 3.8) is 0 Å². The molecular formula is C25H28O5S. The third-order valence-corrected chi connectivity index (χ3v) is 6.71. The van der Waals surface area contributed by atoms with Crippen molar-refractivity contribution in [2.75, 3.05) is 0 Å². The number of benzene rings is 1. The summed E-state index contributed by atoms with van der Waals surface area (Å²) in [6, 6.07) is 8.09. The van der Waals surface area contributed by atoms with E-state index in [4.69, 9.17) is 5.11 Å². The first kappa shape index (κ1) is 23.2. The number of ketones is 1. The van der Waals surface area contributed by atoms with Crippen LogP contribution < -0.4 is 0 Å². The summed E-state index contributed by atoms with van der Waals surface area (Å²) in [6.45, 7) is 0. The number of Topliss-reactive ketones (excluding diaryl/α,β-unsaturated/α-hetero) is 1. The van der Waals surface area contributed by atoms with Gasteiger partial charge in [-0.15, -0.1) is 23.2 Å². The molecule has 0 radical (unpaired) electrons. The summed E-state index contributed by atoms with van der Waals surface area (Å²) < 4.78 is 1.18. The predicted octanol–water partition coefficient (Wildman–Crippen LogP) is 3.97. The Bertz CT molecular complexity index is 996. The molecule has 3 rings (SSSR count). The molecule has 0 saturated heterocycles. The molecule has 2 aromatic rings. The minimum atomic E-state index is -0.841. The Morgan fingerprint density at radius 2 is 2.10 bits per heavy atom. The van der Waals surface area contributed by atoms with Crippen LogP contribution in [0.25, 0.3) is 10.1 Å². The lowest BCUT2D eigenvalue weighted by Crippen LogP contribution is -2.37. The normalized spacial score (nSPS) is 22.4. The molecule has 1 aliphatic carbocycles. The molecule has 1 unspecified atom stereocenters. The van der Waals surface area contributed by atoms with Crippen LogP contribution >= 0.6 is 11.3 Å². The van der Waals surface area contributed by atoms with Gasteiger partial charge in [0.25, 0.3) is 0 Å². The van der Waals surface area contributed by atoms with Crippen molar-refractivity contribution in [2.45, 2.75) is 57.2 Å². The Balaban J connectivity index is 1.62. The average molecular weight is 441 g/mol. The van der Waals surface area contributed by atoms with Crippen LogP contribution in [-0.2, 0) is 16.0 Å². The molecule has 3 N–H and O–H groups in total. The lowest BCUT2D eigenvalue weighted by Gasteiger charge is -2.31. The first-order chi connectivity index (χ1) is 15.0. The van der Waals surface area contributed by atoms with Crippen LogP contribution in [0, 0.1) is 23.7 Å². The van der Waals surface area contributed by atoms with Gasteiger partial charge < -0.3 is 15.3 Å². The van der Waals surface area contributed by atoms with E-state index in [-0.39, 0.29) is 18.1 Å². The van der Waals surface area contributed by atoms with Crippen molar-refractivity contribution in [1.29, 1.82) is 0 Å². The van der Waals surface area contributed by atoms with Gasteiger partial charge in [-0.1, -0.05) is 30.4 Å². The van der Waals surface area contributed by atoms with Crippen LogP contribution in [0.3, 0.4) is 0 Å². The zero-order valence-electron chi connectivity index (χ0n) is 17.4. The molecule has 4 atom stereocenters. The van der Waals surface area contributed by atoms with Crippen molar-refractivity contribution in [2.24, 2.45) is 11.8 Å². The predicted molar refractivity (Wildman–Crippen MR) is 122 cm³/mol. The summed E-state index contributed by atoms with van der Waals surface area (Å²) in [7, 11) is 0. The Kier molecular flexibility index (Phi) is 8.42. The van der Waals surface area contributed by atoms with Crippen LogP contribution in [0.1, 0.15) is 44.1 Å². The highest BCUT2D eigenvalue weighted by molar-refractivity contribution is 7.17. The number of carboxylic acids is 1. The third kappa shape index (κ3) is 6.51. The Labute approximate surface area is 186 Å². The number of fused-ring (bicyclic) bond motifs is 1. The standard InChI is InChI=1S/C25H28O5S/c26-18(15-17-16-31-24-9-6-5-7-19(17)24)11-12-21-20(22(27)13-14-23(21)28)8-3-1-2-4-10-25(29)30/h5-7,9,11-12,16,18,20-21,23,26,28H,2,4,8,10,13-15H2,(H,29,30)/b12-11+/t18?,20-,21-,23-/m1/s1. The van der Waals surface area contributed by atoms with Crippen molar-refractivity contribution in [3.05, 3.63) is 47.4 Å². The van der Waals surface area contributed by atoms with Gasteiger partial charge in [-0.25, -0.2) is 0 Å². The minimum absolute atomic E-state index is 0.0816. The molecule has 0 spiro atoms. The molecule has 5 nitrogen and oxygen atoms in total. The fraction of sp³-hybridized carbons (Fsp3) is 0.440. The highest BCUT2D eigenvalue weighted by Gasteiger charge is 2.35. The second-order valence-corrected chi connectivity index (χ2v) is 8.89. The van der Waals surface area contributed by atoms with E-state index in [0.29, 0.717) is 38.5 Å². The van der Waals surface area contributed by atoms with E-state index in [2.05, 4.69) is 23.3 Å². The quantitative estimate of drug-likeness (QED) is 0.328. The lowest BCUT2D eigenvalue weighted by atomic mass is 9.74. The number of carbonyl (C=O) groups is 2. The van der Waals surface area contributed by atoms with E-state index in [9.17, 15) is 19.8 Å². The highest BCUT2D eigenvalue weighted by Crippen LogP contribution is 2.32. The SMILES string of the molecule is O=C(O)CCCC#CC[C@H]1C(=O)CC[C@@H](O)[C@@H]1/C=C/C(O)Cc1csc2ccccc12. The summed E-state index contributed by atoms with van der Waals surface area (Å²) >= 11 is 1.65. The first-order valence-electron chi connectivity index (χ1n) is 10.7. The molecule has 1 aromatic carbocycles. The summed E-state index contributed by atoms with van der Waals surface area (Å²) in [5.74, 6) is 4.39. The van der Waals surface area contributed by atoms with E-state index < -0.39 is 24.1 Å². The maximum atomic E-state index is 12.5. The smallest absolute Gasteiger partial charge is 0.303 e. The summed E-state index contributed by atoms with van der Waals surface area (Å²) in [5, 5.41) is 32.9. The number of rotatable bonds is 8. The molecule has 6 heteroatoms. The third-order valence-electron chi connectivity index (χ3n) is 5.69. The van der Waals surface area contributed by atoms with E-state index in [1.165, 1.54) is 4.70 Å². The number of unbranched alkanes of at least 4 members (excludes halogenated alkanes) is 1. The van der Waals surface area contributed by atoms with E-state index >= 15 is 0 Å². The number of aliphatic hydroxyl groups excluding tert-OH is 2. The molecular weight excluding hydrogens is 412 g/mol. The van der Waals surface area contributed by atoms with Crippen LogP contribution in [0.2, 0.25) is 0 Å². The average Bonchev–Trinajstić information content (AvgIpc) is 3.14. The second kappa shape index (κ2) is 11.2. The number of aliphatic hydroxyl groups is 2. The van der Waals surface area contributed by atoms with Gasteiger partial charge in [0.15, 0.2) is 0 Å². The maximum absolute atomic E-state index is 12.5. The van der Waals surface area contributed by atoms with E-state index in [1.807, 2.05) is 18.2 Å². The minimum Gasteiger partial charge on any atom is -0.481 e. The molecule has 0 bridgehead atoms. The Morgan fingerprint density at radius 3 is 2.90 bits per heavy atom. The topological polar surface area (TPSA) is 94.8 Å². The van der Waals surface area contributed by atoms with Gasteiger partial charge >= 0.3 is 5.97 Å². The fourth-order valence-corrected chi connectivity index (χ4v) is 4.98. The Hall–Kier alpha value is -2.46. The van der Waals surface area contributed by atoms with Crippen LogP contribution in [0.15, 0.2) is 41.8 Å². The molecule has 0 amide bonds. The number of hydrogen-bond acceptors (Lipinski definition) is 5. The van der Waals surface area contributed by atoms with Gasteiger partial charge in [0.05, 0.1) is 12.2 Å².